The number of morpholine rings is 1. The number of benzene rings is 2. The molecule has 5 nitrogen and oxygen atoms in total. The van der Waals surface area contributed by atoms with Crippen molar-refractivity contribution in [3.8, 4) is 0 Å². The number of guanidine groups is 1. The van der Waals surface area contributed by atoms with Crippen LogP contribution in [0.25, 0.3) is 0 Å². The van der Waals surface area contributed by atoms with E-state index >= 15 is 0 Å². The molecular weight excluding hydrogens is 506 g/mol. The number of rotatable bonds is 6. The third-order valence-corrected chi connectivity index (χ3v) is 5.02. The molecule has 1 fully saturated rings. The quantitative estimate of drug-likeness (QED) is 0.338. The minimum Gasteiger partial charge on any atom is -0.379 e. The molecule has 0 aromatic heterocycles. The van der Waals surface area contributed by atoms with Gasteiger partial charge in [-0.2, -0.15) is 0 Å². The van der Waals surface area contributed by atoms with Crippen molar-refractivity contribution >= 4 is 41.5 Å². The summed E-state index contributed by atoms with van der Waals surface area (Å²) in [7, 11) is 1.73. The lowest BCUT2D eigenvalue weighted by atomic mass is 10.1. The van der Waals surface area contributed by atoms with Crippen molar-refractivity contribution < 1.29 is 9.13 Å². The highest BCUT2D eigenvalue weighted by atomic mass is 127. The molecule has 2 aromatic carbocycles. The van der Waals surface area contributed by atoms with Crippen LogP contribution in [0.5, 0.6) is 0 Å². The Morgan fingerprint density at radius 1 is 1.10 bits per heavy atom. The van der Waals surface area contributed by atoms with Crippen LogP contribution in [0.4, 0.5) is 4.39 Å². The largest absolute Gasteiger partial charge is 0.379 e. The smallest absolute Gasteiger partial charge is 0.191 e. The van der Waals surface area contributed by atoms with E-state index in [2.05, 4.69) is 44.8 Å². The summed E-state index contributed by atoms with van der Waals surface area (Å²) in [5, 5.41) is 6.71. The fraction of sp³-hybridized carbons (Fsp3) is 0.381. The van der Waals surface area contributed by atoms with Crippen LogP contribution in [-0.2, 0) is 24.4 Å². The summed E-state index contributed by atoms with van der Waals surface area (Å²) >= 11 is 5.84. The minimum atomic E-state index is -0.412. The van der Waals surface area contributed by atoms with Gasteiger partial charge in [0.1, 0.15) is 5.82 Å². The summed E-state index contributed by atoms with van der Waals surface area (Å²) in [4.78, 5) is 6.67. The molecular formula is C21H27ClFIN4O. The lowest BCUT2D eigenvalue weighted by Gasteiger charge is -2.27. The number of hydrogen-bond acceptors (Lipinski definition) is 3. The van der Waals surface area contributed by atoms with Gasteiger partial charge < -0.3 is 15.4 Å². The summed E-state index contributed by atoms with van der Waals surface area (Å²) in [6.07, 6.45) is 0. The van der Waals surface area contributed by atoms with Crippen LogP contribution in [0.3, 0.4) is 0 Å². The lowest BCUT2D eigenvalue weighted by molar-refractivity contribution is 0.0341. The third-order valence-electron chi connectivity index (χ3n) is 4.73. The fourth-order valence-corrected chi connectivity index (χ4v) is 3.32. The molecule has 2 N–H and O–H groups in total. The van der Waals surface area contributed by atoms with E-state index in [0.717, 1.165) is 38.4 Å². The van der Waals surface area contributed by atoms with E-state index in [1.807, 2.05) is 0 Å². The van der Waals surface area contributed by atoms with Crippen LogP contribution in [0.1, 0.15) is 16.7 Å². The summed E-state index contributed by atoms with van der Waals surface area (Å²) in [6.45, 7) is 5.62. The summed E-state index contributed by atoms with van der Waals surface area (Å²) in [5.74, 6) is 0.270. The molecule has 0 amide bonds. The van der Waals surface area contributed by atoms with Crippen LogP contribution in [0, 0.1) is 5.82 Å². The molecule has 0 spiro atoms. The Morgan fingerprint density at radius 2 is 1.79 bits per heavy atom. The van der Waals surface area contributed by atoms with Crippen LogP contribution < -0.4 is 10.6 Å². The number of halogens is 3. The Morgan fingerprint density at radius 3 is 2.48 bits per heavy atom. The molecule has 1 saturated heterocycles. The predicted octanol–water partition coefficient (Wildman–Crippen LogP) is 3.79. The molecule has 1 aliphatic heterocycles. The molecule has 2 aromatic rings. The fourth-order valence-electron chi connectivity index (χ4n) is 3.12. The van der Waals surface area contributed by atoms with Crippen molar-refractivity contribution in [1.82, 2.24) is 15.5 Å². The Bertz CT molecular complexity index is 815. The lowest BCUT2D eigenvalue weighted by Crippen LogP contribution is -2.37. The second-order valence-electron chi connectivity index (χ2n) is 6.69. The zero-order chi connectivity index (χ0) is 19.8. The summed E-state index contributed by atoms with van der Waals surface area (Å²) in [6, 6.07) is 13.1. The van der Waals surface area contributed by atoms with E-state index in [4.69, 9.17) is 16.3 Å². The first-order chi connectivity index (χ1) is 13.7. The molecule has 0 radical (unpaired) electrons. The topological polar surface area (TPSA) is 48.9 Å². The number of ether oxygens (including phenoxy) is 1. The number of nitrogens with one attached hydrogen (secondary N) is 2. The Balaban J connectivity index is 0.00000300. The SMILES string of the molecule is CN=C(NCc1ccc(F)c(Cl)c1)NCc1ccccc1CN1CCOCC1.I. The highest BCUT2D eigenvalue weighted by Gasteiger charge is 2.13. The standard InChI is InChI=1S/C21H26ClFN4O.HI/c1-24-21(25-13-16-6-7-20(23)19(22)12-16)26-14-17-4-2-3-5-18(17)15-27-8-10-28-11-9-27;/h2-7,12H,8-11,13-15H2,1H3,(H2,24,25,26);1H. The maximum absolute atomic E-state index is 13.3. The zero-order valence-corrected chi connectivity index (χ0v) is 19.5. The van der Waals surface area contributed by atoms with E-state index in [1.165, 1.54) is 17.2 Å². The Hall–Kier alpha value is -1.42. The van der Waals surface area contributed by atoms with Gasteiger partial charge in [-0.25, -0.2) is 4.39 Å². The van der Waals surface area contributed by atoms with Gasteiger partial charge in [0.2, 0.25) is 0 Å². The molecule has 0 saturated carbocycles. The number of hydrogen-bond donors (Lipinski definition) is 2. The molecule has 0 aliphatic carbocycles. The minimum absolute atomic E-state index is 0. The Labute approximate surface area is 193 Å². The van der Waals surface area contributed by atoms with Gasteiger partial charge in [-0.3, -0.25) is 9.89 Å². The molecule has 0 unspecified atom stereocenters. The van der Waals surface area contributed by atoms with Crippen LogP contribution >= 0.6 is 35.6 Å². The van der Waals surface area contributed by atoms with Crippen molar-refractivity contribution in [2.24, 2.45) is 4.99 Å². The molecule has 8 heteroatoms. The molecule has 1 heterocycles. The van der Waals surface area contributed by atoms with E-state index < -0.39 is 5.82 Å². The first kappa shape index (κ1) is 23.9. The highest BCUT2D eigenvalue weighted by molar-refractivity contribution is 14.0. The van der Waals surface area contributed by atoms with Gasteiger partial charge in [-0.15, -0.1) is 24.0 Å². The first-order valence-corrected chi connectivity index (χ1v) is 9.79. The van der Waals surface area contributed by atoms with Crippen molar-refractivity contribution in [1.29, 1.82) is 0 Å². The molecule has 0 atom stereocenters. The second kappa shape index (κ2) is 12.3. The molecule has 1 aliphatic rings. The normalized spacial score (nSPS) is 14.9. The first-order valence-electron chi connectivity index (χ1n) is 9.41. The average Bonchev–Trinajstić information content (AvgIpc) is 2.72. The van der Waals surface area contributed by atoms with Gasteiger partial charge in [0.15, 0.2) is 5.96 Å². The number of nitrogens with zero attached hydrogens (tertiary/aromatic N) is 2. The maximum Gasteiger partial charge on any atom is 0.191 e. The van der Waals surface area contributed by atoms with Crippen molar-refractivity contribution in [3.63, 3.8) is 0 Å². The average molecular weight is 533 g/mol. The van der Waals surface area contributed by atoms with Gasteiger partial charge in [0.25, 0.3) is 0 Å². The van der Waals surface area contributed by atoms with E-state index in [1.54, 1.807) is 19.2 Å². The van der Waals surface area contributed by atoms with Gasteiger partial charge in [-0.1, -0.05) is 41.9 Å². The van der Waals surface area contributed by atoms with Gasteiger partial charge >= 0.3 is 0 Å². The van der Waals surface area contributed by atoms with E-state index in [-0.39, 0.29) is 29.0 Å². The number of aliphatic imine (C=N–C) groups is 1. The van der Waals surface area contributed by atoms with E-state index in [0.29, 0.717) is 19.0 Å². The predicted molar refractivity (Wildman–Crippen MR) is 126 cm³/mol. The molecule has 0 bridgehead atoms. The second-order valence-corrected chi connectivity index (χ2v) is 7.09. The summed E-state index contributed by atoms with van der Waals surface area (Å²) < 4.78 is 18.7. The van der Waals surface area contributed by atoms with Gasteiger partial charge in [0.05, 0.1) is 18.2 Å². The van der Waals surface area contributed by atoms with Crippen molar-refractivity contribution in [3.05, 3.63) is 70.0 Å². The zero-order valence-electron chi connectivity index (χ0n) is 16.5. The monoisotopic (exact) mass is 532 g/mol. The maximum atomic E-state index is 13.3. The molecule has 3 rings (SSSR count). The van der Waals surface area contributed by atoms with Crippen LogP contribution in [-0.4, -0.2) is 44.2 Å². The molecule has 158 valence electrons. The van der Waals surface area contributed by atoms with Crippen molar-refractivity contribution in [2.75, 3.05) is 33.4 Å². The third kappa shape index (κ3) is 7.40. The van der Waals surface area contributed by atoms with Crippen molar-refractivity contribution in [2.45, 2.75) is 19.6 Å². The highest BCUT2D eigenvalue weighted by Crippen LogP contribution is 2.16. The van der Waals surface area contributed by atoms with E-state index in [9.17, 15) is 4.39 Å². The summed E-state index contributed by atoms with van der Waals surface area (Å²) in [5.41, 5.74) is 3.43. The van der Waals surface area contributed by atoms with Gasteiger partial charge in [-0.05, 0) is 28.8 Å². The van der Waals surface area contributed by atoms with Crippen LogP contribution in [0.15, 0.2) is 47.5 Å². The molecule has 29 heavy (non-hydrogen) atoms. The van der Waals surface area contributed by atoms with Gasteiger partial charge in [0, 0.05) is 39.8 Å². The Kier molecular flexibility index (Phi) is 10.1. The van der Waals surface area contributed by atoms with Crippen LogP contribution in [0.2, 0.25) is 5.02 Å².